The number of hydrogen-bond donors (Lipinski definition) is 1. The Bertz CT molecular complexity index is 783. The fraction of sp³-hybridized carbons (Fsp3) is 0.733. The molecule has 192 valence electrons. The Labute approximate surface area is 207 Å². The second-order valence-corrected chi connectivity index (χ2v) is 10.3. The molecule has 0 spiro atoms. The van der Waals surface area contributed by atoms with Crippen molar-refractivity contribution in [1.29, 1.82) is 0 Å². The number of unbranched alkanes of at least 4 members (excludes halogenated alkanes) is 12. The number of hydrogen-bond acceptors (Lipinski definition) is 4. The van der Waals surface area contributed by atoms with Crippen molar-refractivity contribution in [3.05, 3.63) is 33.9 Å². The van der Waals surface area contributed by atoms with Crippen LogP contribution in [-0.2, 0) is 16.0 Å². The number of ketones is 1. The Balaban J connectivity index is 1.55. The van der Waals surface area contributed by atoms with Crippen molar-refractivity contribution >= 4 is 11.8 Å². The zero-order chi connectivity index (χ0) is 24.9. The van der Waals surface area contributed by atoms with Gasteiger partial charge in [0.05, 0.1) is 12.7 Å². The van der Waals surface area contributed by atoms with Gasteiger partial charge in [-0.05, 0) is 42.5 Å². The number of aliphatic hydroxyl groups is 1. The van der Waals surface area contributed by atoms with Gasteiger partial charge in [0.25, 0.3) is 0 Å². The van der Waals surface area contributed by atoms with Crippen molar-refractivity contribution in [2.24, 2.45) is 5.92 Å². The first kappa shape index (κ1) is 28.6. The lowest BCUT2D eigenvalue weighted by Gasteiger charge is -2.15. The number of esters is 1. The molecule has 0 aliphatic heterocycles. The topological polar surface area (TPSA) is 63.6 Å². The van der Waals surface area contributed by atoms with Gasteiger partial charge in [-0.2, -0.15) is 0 Å². The Kier molecular flexibility index (Phi) is 12.9. The van der Waals surface area contributed by atoms with E-state index >= 15 is 0 Å². The van der Waals surface area contributed by atoms with E-state index in [0.29, 0.717) is 25.0 Å². The molecule has 0 unspecified atom stereocenters. The smallest absolute Gasteiger partial charge is 0.305 e. The highest BCUT2D eigenvalue weighted by molar-refractivity contribution is 6.04. The average molecular weight is 473 g/mol. The summed E-state index contributed by atoms with van der Waals surface area (Å²) in [7, 11) is 0. The molecule has 0 saturated heterocycles. The minimum Gasteiger partial charge on any atom is -0.465 e. The maximum absolute atomic E-state index is 12.5. The first-order chi connectivity index (χ1) is 16.4. The Morgan fingerprint density at radius 1 is 0.912 bits per heavy atom. The molecule has 1 N–H and O–H groups in total. The lowest BCUT2D eigenvalue weighted by Crippen LogP contribution is -2.11. The third-order valence-electron chi connectivity index (χ3n) is 7.52. The van der Waals surface area contributed by atoms with Crippen LogP contribution in [0.3, 0.4) is 0 Å². The number of rotatable bonds is 17. The summed E-state index contributed by atoms with van der Waals surface area (Å²) in [5.74, 6) is -0.498. The van der Waals surface area contributed by atoms with Gasteiger partial charge in [-0.25, -0.2) is 0 Å². The monoisotopic (exact) mass is 472 g/mol. The second-order valence-electron chi connectivity index (χ2n) is 10.3. The van der Waals surface area contributed by atoms with Gasteiger partial charge in [0.1, 0.15) is 0 Å². The van der Waals surface area contributed by atoms with Crippen LogP contribution in [-0.4, -0.2) is 23.5 Å². The number of Topliss-reactive ketones (excluding diaryl/α,β-unsaturated/α-hetero) is 1. The number of aliphatic hydroxyl groups excluding tert-OH is 1. The van der Waals surface area contributed by atoms with Gasteiger partial charge in [0.15, 0.2) is 5.78 Å². The molecule has 1 aromatic rings. The quantitative estimate of drug-likeness (QED) is 0.186. The number of ether oxygens (including phenoxy) is 1. The minimum absolute atomic E-state index is 0.0145. The molecule has 0 amide bonds. The summed E-state index contributed by atoms with van der Waals surface area (Å²) in [6.07, 6.45) is 17.2. The zero-order valence-corrected chi connectivity index (χ0v) is 22.2. The summed E-state index contributed by atoms with van der Waals surface area (Å²) in [6.45, 7) is 8.32. The minimum atomic E-state index is -0.716. The summed E-state index contributed by atoms with van der Waals surface area (Å²) in [6, 6.07) is 1.93. The first-order valence-electron chi connectivity index (χ1n) is 13.9. The molecule has 2 atom stereocenters. The largest absolute Gasteiger partial charge is 0.465 e. The van der Waals surface area contributed by atoms with Crippen molar-refractivity contribution in [3.63, 3.8) is 0 Å². The molecule has 0 saturated carbocycles. The summed E-state index contributed by atoms with van der Waals surface area (Å²) in [4.78, 5) is 24.7. The third-order valence-corrected chi connectivity index (χ3v) is 7.52. The van der Waals surface area contributed by atoms with E-state index in [-0.39, 0.29) is 17.7 Å². The van der Waals surface area contributed by atoms with Crippen LogP contribution in [0.4, 0.5) is 0 Å². The number of fused-ring (bicyclic) bond motifs is 1. The number of benzene rings is 1. The molecule has 1 aromatic carbocycles. The molecule has 4 nitrogen and oxygen atoms in total. The van der Waals surface area contributed by atoms with Crippen molar-refractivity contribution in [1.82, 2.24) is 0 Å². The van der Waals surface area contributed by atoms with Crippen LogP contribution in [0.2, 0.25) is 0 Å². The van der Waals surface area contributed by atoms with Crippen LogP contribution >= 0.6 is 0 Å². The standard InChI is InChI=1S/C30H48O4/c1-5-6-7-8-9-10-11-12-13-14-15-16-17-18-27(31)34-20-19-25-22(2)21-26-28(23(25)3)30(33)24(4)29(26)32/h21,24,29,32H,5-20H2,1-4H3/t24-,29-/m1/s1. The van der Waals surface area contributed by atoms with Gasteiger partial charge >= 0.3 is 5.97 Å². The van der Waals surface area contributed by atoms with Gasteiger partial charge in [-0.1, -0.05) is 97.0 Å². The van der Waals surface area contributed by atoms with Crippen LogP contribution in [0.25, 0.3) is 0 Å². The summed E-state index contributed by atoms with van der Waals surface area (Å²) in [5.41, 5.74) is 4.44. The molecular formula is C30H48O4. The SMILES string of the molecule is CCCCCCCCCCCCCCCC(=O)OCCc1c(C)cc2c(c1C)C(=O)[C@H](C)[C@H]2O. The molecule has 1 aliphatic rings. The number of carbonyl (C=O) groups is 2. The molecule has 0 bridgehead atoms. The van der Waals surface area contributed by atoms with Crippen LogP contribution < -0.4 is 0 Å². The van der Waals surface area contributed by atoms with E-state index < -0.39 is 6.10 Å². The summed E-state index contributed by atoms with van der Waals surface area (Å²) >= 11 is 0. The van der Waals surface area contributed by atoms with E-state index in [4.69, 9.17) is 4.74 Å². The van der Waals surface area contributed by atoms with Crippen molar-refractivity contribution in [2.45, 2.75) is 130 Å². The van der Waals surface area contributed by atoms with Crippen molar-refractivity contribution in [2.75, 3.05) is 6.61 Å². The van der Waals surface area contributed by atoms with E-state index in [9.17, 15) is 14.7 Å². The molecule has 1 aliphatic carbocycles. The van der Waals surface area contributed by atoms with Crippen LogP contribution in [0.5, 0.6) is 0 Å². The number of aryl methyl sites for hydroxylation is 1. The van der Waals surface area contributed by atoms with Crippen LogP contribution in [0.1, 0.15) is 142 Å². The first-order valence-corrected chi connectivity index (χ1v) is 13.9. The molecule has 4 heteroatoms. The Morgan fingerprint density at radius 3 is 2.00 bits per heavy atom. The highest BCUT2D eigenvalue weighted by Gasteiger charge is 2.37. The third kappa shape index (κ3) is 8.52. The maximum atomic E-state index is 12.5. The second kappa shape index (κ2) is 15.3. The zero-order valence-electron chi connectivity index (χ0n) is 22.2. The van der Waals surface area contributed by atoms with Gasteiger partial charge in [0.2, 0.25) is 0 Å². The van der Waals surface area contributed by atoms with Gasteiger partial charge in [0, 0.05) is 24.3 Å². The van der Waals surface area contributed by atoms with Crippen molar-refractivity contribution < 1.29 is 19.4 Å². The summed E-state index contributed by atoms with van der Waals surface area (Å²) in [5, 5.41) is 10.3. The molecule has 0 heterocycles. The van der Waals surface area contributed by atoms with Gasteiger partial charge in [-0.3, -0.25) is 9.59 Å². The molecule has 0 fully saturated rings. The van der Waals surface area contributed by atoms with Crippen molar-refractivity contribution in [3.8, 4) is 0 Å². The normalized spacial score (nSPS) is 17.3. The predicted molar refractivity (Wildman–Crippen MR) is 139 cm³/mol. The van der Waals surface area contributed by atoms with Crippen LogP contribution in [0, 0.1) is 19.8 Å². The molecule has 34 heavy (non-hydrogen) atoms. The number of carbonyl (C=O) groups excluding carboxylic acids is 2. The van der Waals surface area contributed by atoms with E-state index in [0.717, 1.165) is 35.1 Å². The van der Waals surface area contributed by atoms with Gasteiger partial charge in [-0.15, -0.1) is 0 Å². The predicted octanol–water partition coefficient (Wildman–Crippen LogP) is 7.74. The van der Waals surface area contributed by atoms with E-state index in [1.165, 1.54) is 70.6 Å². The van der Waals surface area contributed by atoms with Gasteiger partial charge < -0.3 is 9.84 Å². The van der Waals surface area contributed by atoms with E-state index in [1.807, 2.05) is 19.9 Å². The highest BCUT2D eigenvalue weighted by atomic mass is 16.5. The Hall–Kier alpha value is -1.68. The maximum Gasteiger partial charge on any atom is 0.305 e. The van der Waals surface area contributed by atoms with E-state index in [1.54, 1.807) is 6.92 Å². The average Bonchev–Trinajstić information content (AvgIpc) is 3.02. The highest BCUT2D eigenvalue weighted by Crippen LogP contribution is 2.39. The van der Waals surface area contributed by atoms with E-state index in [2.05, 4.69) is 6.92 Å². The fourth-order valence-electron chi connectivity index (χ4n) is 5.27. The molecule has 2 rings (SSSR count). The molecular weight excluding hydrogens is 424 g/mol. The fourth-order valence-corrected chi connectivity index (χ4v) is 5.27. The van der Waals surface area contributed by atoms with Crippen LogP contribution in [0.15, 0.2) is 6.07 Å². The lowest BCUT2D eigenvalue weighted by molar-refractivity contribution is -0.143. The molecule has 0 radical (unpaired) electrons. The molecule has 0 aromatic heterocycles. The summed E-state index contributed by atoms with van der Waals surface area (Å²) < 4.78 is 5.48. The Morgan fingerprint density at radius 2 is 1.44 bits per heavy atom. The lowest BCUT2D eigenvalue weighted by atomic mass is 9.92.